The number of ketones is 1. The summed E-state index contributed by atoms with van der Waals surface area (Å²) in [6, 6.07) is 5.16. The number of fused-ring (bicyclic) bond motifs is 1. The Balaban J connectivity index is 2.13. The van der Waals surface area contributed by atoms with Crippen LogP contribution in [0, 0.1) is 0 Å². The van der Waals surface area contributed by atoms with E-state index in [0.29, 0.717) is 17.8 Å². The van der Waals surface area contributed by atoms with E-state index in [1.54, 1.807) is 18.2 Å². The predicted molar refractivity (Wildman–Crippen MR) is 68.7 cm³/mol. The van der Waals surface area contributed by atoms with Gasteiger partial charge in [0.25, 0.3) is 11.7 Å². The monoisotopic (exact) mass is 313 g/mol. The zero-order valence-electron chi connectivity index (χ0n) is 9.56. The van der Waals surface area contributed by atoms with E-state index in [9.17, 15) is 9.59 Å². The number of carbonyl (C=O) groups is 2. The zero-order valence-corrected chi connectivity index (χ0v) is 11.1. The Morgan fingerprint density at radius 1 is 1.28 bits per heavy atom. The van der Waals surface area contributed by atoms with Crippen molar-refractivity contribution in [2.24, 2.45) is 0 Å². The lowest BCUT2D eigenvalue weighted by molar-refractivity contribution is -0.114. The highest BCUT2D eigenvalue weighted by molar-refractivity contribution is 9.10. The van der Waals surface area contributed by atoms with Crippen molar-refractivity contribution in [3.05, 3.63) is 28.2 Å². The molecule has 2 rings (SSSR count). The molecule has 18 heavy (non-hydrogen) atoms. The number of nitrogens with zero attached hydrogens (tertiary/aromatic N) is 1. The first kappa shape index (κ1) is 13.2. The molecule has 0 radical (unpaired) electrons. The van der Waals surface area contributed by atoms with Gasteiger partial charge in [0.05, 0.1) is 31.1 Å². The molecule has 0 atom stereocenters. The first-order valence-corrected chi connectivity index (χ1v) is 6.29. The van der Waals surface area contributed by atoms with Crippen LogP contribution in [0.2, 0.25) is 0 Å². The zero-order chi connectivity index (χ0) is 13.1. The lowest BCUT2D eigenvalue weighted by atomic mass is 10.1. The summed E-state index contributed by atoms with van der Waals surface area (Å²) >= 11 is 3.27. The molecule has 1 aromatic carbocycles. The van der Waals surface area contributed by atoms with Gasteiger partial charge in [-0.3, -0.25) is 9.59 Å². The highest BCUT2D eigenvalue weighted by atomic mass is 79.9. The maximum absolute atomic E-state index is 11.8. The van der Waals surface area contributed by atoms with Gasteiger partial charge in [-0.15, -0.1) is 0 Å². The van der Waals surface area contributed by atoms with Crippen LogP contribution in [0.3, 0.4) is 0 Å². The van der Waals surface area contributed by atoms with Crippen molar-refractivity contribution in [2.45, 2.75) is 0 Å². The number of ether oxygens (including phenoxy) is 1. The van der Waals surface area contributed by atoms with E-state index in [1.807, 2.05) is 0 Å². The second-order valence-corrected chi connectivity index (χ2v) is 4.70. The van der Waals surface area contributed by atoms with Crippen LogP contribution in [0.1, 0.15) is 10.4 Å². The summed E-state index contributed by atoms with van der Waals surface area (Å²) in [6.45, 7) is 0.758. The third-order valence-corrected chi connectivity index (χ3v) is 3.12. The van der Waals surface area contributed by atoms with Gasteiger partial charge in [-0.1, -0.05) is 15.9 Å². The number of anilines is 1. The number of benzene rings is 1. The van der Waals surface area contributed by atoms with Crippen molar-refractivity contribution in [3.8, 4) is 0 Å². The minimum Gasteiger partial charge on any atom is -0.394 e. The molecule has 1 aliphatic rings. The summed E-state index contributed by atoms with van der Waals surface area (Å²) in [4.78, 5) is 25.0. The van der Waals surface area contributed by atoms with Crippen LogP contribution in [0.25, 0.3) is 0 Å². The Hall–Kier alpha value is -1.24. The van der Waals surface area contributed by atoms with Crippen molar-refractivity contribution in [1.29, 1.82) is 0 Å². The highest BCUT2D eigenvalue weighted by Crippen LogP contribution is 2.30. The van der Waals surface area contributed by atoms with Gasteiger partial charge in [-0.2, -0.15) is 0 Å². The average Bonchev–Trinajstić information content (AvgIpc) is 2.59. The molecule has 1 heterocycles. The number of aliphatic hydroxyl groups excluding tert-OH is 1. The lowest BCUT2D eigenvalue weighted by Gasteiger charge is -2.16. The number of hydrogen-bond donors (Lipinski definition) is 1. The Kier molecular flexibility index (Phi) is 4.11. The first-order valence-electron chi connectivity index (χ1n) is 5.49. The van der Waals surface area contributed by atoms with Gasteiger partial charge in [-0.25, -0.2) is 0 Å². The summed E-state index contributed by atoms with van der Waals surface area (Å²) in [5, 5.41) is 8.58. The largest absolute Gasteiger partial charge is 0.394 e. The van der Waals surface area contributed by atoms with Gasteiger partial charge in [0, 0.05) is 11.0 Å². The molecule has 0 aliphatic carbocycles. The SMILES string of the molecule is O=C1C(=O)N(CCOCCO)c2ccc(Br)cc21. The van der Waals surface area contributed by atoms with Crippen LogP contribution in [0.5, 0.6) is 0 Å². The highest BCUT2D eigenvalue weighted by Gasteiger charge is 2.35. The number of Topliss-reactive ketones (excluding diaryl/α,β-unsaturated/α-hetero) is 1. The number of hydrogen-bond acceptors (Lipinski definition) is 4. The average molecular weight is 314 g/mol. The smallest absolute Gasteiger partial charge is 0.299 e. The summed E-state index contributed by atoms with van der Waals surface area (Å²) < 4.78 is 5.87. The Morgan fingerprint density at radius 2 is 2.06 bits per heavy atom. The van der Waals surface area contributed by atoms with E-state index in [1.165, 1.54) is 4.90 Å². The Morgan fingerprint density at radius 3 is 2.78 bits per heavy atom. The lowest BCUT2D eigenvalue weighted by Crippen LogP contribution is -2.33. The molecular formula is C12H12BrNO4. The fourth-order valence-corrected chi connectivity index (χ4v) is 2.18. The van der Waals surface area contributed by atoms with Crippen LogP contribution in [0.4, 0.5) is 5.69 Å². The van der Waals surface area contributed by atoms with Crippen molar-refractivity contribution in [1.82, 2.24) is 0 Å². The molecule has 5 nitrogen and oxygen atoms in total. The minimum atomic E-state index is -0.532. The molecule has 0 spiro atoms. The van der Waals surface area contributed by atoms with Crippen LogP contribution >= 0.6 is 15.9 Å². The number of amides is 1. The van der Waals surface area contributed by atoms with E-state index >= 15 is 0 Å². The van der Waals surface area contributed by atoms with Crippen molar-refractivity contribution in [3.63, 3.8) is 0 Å². The molecule has 0 bridgehead atoms. The van der Waals surface area contributed by atoms with Gasteiger partial charge >= 0.3 is 0 Å². The van der Waals surface area contributed by atoms with E-state index < -0.39 is 11.7 Å². The normalized spacial score (nSPS) is 14.2. The van der Waals surface area contributed by atoms with Crippen molar-refractivity contribution < 1.29 is 19.4 Å². The summed E-state index contributed by atoms with van der Waals surface area (Å²) in [7, 11) is 0. The Labute approximate surface area is 112 Å². The van der Waals surface area contributed by atoms with Gasteiger partial charge in [-0.05, 0) is 18.2 Å². The van der Waals surface area contributed by atoms with Gasteiger partial charge in [0.15, 0.2) is 0 Å². The second kappa shape index (κ2) is 5.60. The third-order valence-electron chi connectivity index (χ3n) is 2.63. The molecule has 96 valence electrons. The summed E-state index contributed by atoms with van der Waals surface area (Å²) in [6.07, 6.45) is 0. The quantitative estimate of drug-likeness (QED) is 0.650. The van der Waals surface area contributed by atoms with Crippen LogP contribution in [0.15, 0.2) is 22.7 Å². The van der Waals surface area contributed by atoms with E-state index in [-0.39, 0.29) is 19.8 Å². The molecule has 1 amide bonds. The molecule has 0 aromatic heterocycles. The maximum Gasteiger partial charge on any atom is 0.299 e. The van der Waals surface area contributed by atoms with E-state index in [2.05, 4.69) is 15.9 Å². The molecule has 1 aromatic rings. The summed E-state index contributed by atoms with van der Waals surface area (Å²) in [5.74, 6) is -1.02. The van der Waals surface area contributed by atoms with Gasteiger partial charge in [0.1, 0.15) is 0 Å². The number of aliphatic hydroxyl groups is 1. The molecule has 1 aliphatic heterocycles. The number of rotatable bonds is 5. The predicted octanol–water partition coefficient (Wildman–Crippen LogP) is 0.987. The first-order chi connectivity index (χ1) is 8.65. The van der Waals surface area contributed by atoms with E-state index in [0.717, 1.165) is 4.47 Å². The summed E-state index contributed by atoms with van der Waals surface area (Å²) in [5.41, 5.74) is 1.03. The molecule has 0 saturated carbocycles. The van der Waals surface area contributed by atoms with Crippen molar-refractivity contribution >= 4 is 33.3 Å². The van der Waals surface area contributed by atoms with Crippen molar-refractivity contribution in [2.75, 3.05) is 31.3 Å². The molecular weight excluding hydrogens is 302 g/mol. The number of carbonyl (C=O) groups excluding carboxylic acids is 2. The standard InChI is InChI=1S/C12H12BrNO4/c13-8-1-2-10-9(7-8)11(16)12(17)14(10)3-5-18-6-4-15/h1-2,7,15H,3-6H2. The van der Waals surface area contributed by atoms with Gasteiger partial charge in [0.2, 0.25) is 0 Å². The second-order valence-electron chi connectivity index (χ2n) is 3.78. The molecule has 1 N–H and O–H groups in total. The molecule has 0 saturated heterocycles. The topological polar surface area (TPSA) is 66.8 Å². The van der Waals surface area contributed by atoms with Gasteiger partial charge < -0.3 is 14.7 Å². The number of halogens is 1. The molecule has 0 fully saturated rings. The fourth-order valence-electron chi connectivity index (χ4n) is 1.82. The maximum atomic E-state index is 11.8. The van der Waals surface area contributed by atoms with Crippen LogP contribution in [-0.4, -0.2) is 43.2 Å². The molecule has 0 unspecified atom stereocenters. The fraction of sp³-hybridized carbons (Fsp3) is 0.333. The minimum absolute atomic E-state index is 0.0591. The molecule has 6 heteroatoms. The third kappa shape index (κ3) is 2.45. The van der Waals surface area contributed by atoms with Crippen LogP contribution < -0.4 is 4.90 Å². The Bertz CT molecular complexity index is 489. The van der Waals surface area contributed by atoms with Crippen LogP contribution in [-0.2, 0) is 9.53 Å². The van der Waals surface area contributed by atoms with E-state index in [4.69, 9.17) is 9.84 Å².